The summed E-state index contributed by atoms with van der Waals surface area (Å²) in [7, 11) is 0. The maximum Gasteiger partial charge on any atom is 0.252 e. The third-order valence-electron chi connectivity index (χ3n) is 18.0. The molecule has 15 rings (SSSR count). The minimum absolute atomic E-state index is 0.0343. The van der Waals surface area contributed by atoms with Gasteiger partial charge >= 0.3 is 0 Å². The monoisotopic (exact) mass is 991 g/mol. The van der Waals surface area contributed by atoms with E-state index in [1.165, 1.54) is 130 Å². The Morgan fingerprint density at radius 2 is 1.01 bits per heavy atom. The van der Waals surface area contributed by atoms with Crippen molar-refractivity contribution < 1.29 is 0 Å². The Morgan fingerprint density at radius 3 is 1.73 bits per heavy atom. The number of hydrogen-bond acceptors (Lipinski definition) is 5. The Bertz CT molecular complexity index is 4210. The molecule has 6 heteroatoms. The molecule has 4 aliphatic rings. The molecular formula is C68H58BN3S2. The Balaban J connectivity index is 1.10. The largest absolute Gasteiger partial charge is 0.330 e. The van der Waals surface area contributed by atoms with Crippen molar-refractivity contribution in [3.05, 3.63) is 210 Å². The maximum absolute atomic E-state index is 2.77. The first-order valence-corrected chi connectivity index (χ1v) is 28.2. The minimum Gasteiger partial charge on any atom is -0.330 e. The molecule has 3 aliphatic heterocycles. The number of hydrogen-bond donors (Lipinski definition) is 0. The predicted octanol–water partition coefficient (Wildman–Crippen LogP) is 17.4. The number of para-hydroxylation sites is 1. The molecule has 1 aliphatic carbocycles. The summed E-state index contributed by atoms with van der Waals surface area (Å²) >= 11 is 3.82. The quantitative estimate of drug-likeness (QED) is 0.163. The smallest absolute Gasteiger partial charge is 0.252 e. The van der Waals surface area contributed by atoms with Gasteiger partial charge in [-0.1, -0.05) is 170 Å². The molecule has 9 aromatic carbocycles. The molecule has 0 amide bonds. The van der Waals surface area contributed by atoms with E-state index in [0.29, 0.717) is 0 Å². The van der Waals surface area contributed by atoms with E-state index in [9.17, 15) is 0 Å². The van der Waals surface area contributed by atoms with E-state index >= 15 is 0 Å². The van der Waals surface area contributed by atoms with Gasteiger partial charge in [0.25, 0.3) is 6.71 Å². The third-order valence-corrected chi connectivity index (χ3v) is 20.3. The number of nitrogens with zero attached hydrogens (tertiary/aromatic N) is 3. The second-order valence-corrected chi connectivity index (χ2v) is 26.1. The summed E-state index contributed by atoms with van der Waals surface area (Å²) in [5.74, 6) is 0. The molecule has 360 valence electrons. The van der Waals surface area contributed by atoms with E-state index in [-0.39, 0.29) is 28.5 Å². The second kappa shape index (κ2) is 15.2. The summed E-state index contributed by atoms with van der Waals surface area (Å²) in [5, 5.41) is 5.25. The van der Waals surface area contributed by atoms with Gasteiger partial charge < -0.3 is 14.7 Å². The molecular weight excluding hydrogens is 934 g/mol. The molecule has 0 N–H and O–H groups in total. The first-order chi connectivity index (χ1) is 35.7. The van der Waals surface area contributed by atoms with Crippen LogP contribution in [0.25, 0.3) is 40.3 Å². The van der Waals surface area contributed by atoms with Crippen LogP contribution in [0, 0.1) is 0 Å². The third kappa shape index (κ3) is 5.95. The van der Waals surface area contributed by atoms with Crippen LogP contribution in [-0.4, -0.2) is 6.71 Å². The first kappa shape index (κ1) is 44.4. The van der Waals surface area contributed by atoms with Gasteiger partial charge in [0.05, 0.1) is 15.9 Å². The van der Waals surface area contributed by atoms with Crippen molar-refractivity contribution in [2.24, 2.45) is 0 Å². The highest BCUT2D eigenvalue weighted by Crippen LogP contribution is 2.64. The molecule has 74 heavy (non-hydrogen) atoms. The van der Waals surface area contributed by atoms with Crippen molar-refractivity contribution >= 4 is 132 Å². The average molecular weight is 992 g/mol. The van der Waals surface area contributed by atoms with Gasteiger partial charge in [-0.15, -0.1) is 22.7 Å². The zero-order valence-electron chi connectivity index (χ0n) is 43.5. The van der Waals surface area contributed by atoms with Gasteiger partial charge in [0.1, 0.15) is 0 Å². The van der Waals surface area contributed by atoms with Crippen molar-refractivity contribution in [2.45, 2.75) is 90.0 Å². The molecule has 0 spiro atoms. The van der Waals surface area contributed by atoms with E-state index in [1.54, 1.807) is 0 Å². The van der Waals surface area contributed by atoms with Crippen molar-refractivity contribution in [2.75, 3.05) is 14.7 Å². The van der Waals surface area contributed by atoms with Crippen LogP contribution in [0.4, 0.5) is 45.5 Å². The topological polar surface area (TPSA) is 9.72 Å². The number of thiophene rings is 2. The molecule has 0 saturated carbocycles. The lowest BCUT2D eigenvalue weighted by Gasteiger charge is -2.52. The van der Waals surface area contributed by atoms with Crippen LogP contribution in [0.15, 0.2) is 182 Å². The summed E-state index contributed by atoms with van der Waals surface area (Å²) in [5.41, 5.74) is 20.3. The molecule has 0 saturated heterocycles. The number of benzene rings is 9. The van der Waals surface area contributed by atoms with Gasteiger partial charge in [-0.05, 0) is 135 Å². The Morgan fingerprint density at radius 1 is 0.446 bits per heavy atom. The van der Waals surface area contributed by atoms with E-state index < -0.39 is 0 Å². The van der Waals surface area contributed by atoms with Gasteiger partial charge in [0.2, 0.25) is 0 Å². The van der Waals surface area contributed by atoms with Crippen LogP contribution in [0.5, 0.6) is 0 Å². The van der Waals surface area contributed by atoms with E-state index in [0.717, 1.165) is 12.8 Å². The summed E-state index contributed by atoms with van der Waals surface area (Å²) in [6, 6.07) is 70.9. The van der Waals surface area contributed by atoms with E-state index in [4.69, 9.17) is 0 Å². The maximum atomic E-state index is 2.77. The van der Waals surface area contributed by atoms with E-state index in [2.05, 4.69) is 252 Å². The van der Waals surface area contributed by atoms with Gasteiger partial charge in [0.15, 0.2) is 0 Å². The average Bonchev–Trinajstić information content (AvgIpc) is 4.20. The summed E-state index contributed by atoms with van der Waals surface area (Å²) in [4.78, 5) is 8.11. The molecule has 2 atom stereocenters. The van der Waals surface area contributed by atoms with Gasteiger partial charge in [0, 0.05) is 80.9 Å². The fourth-order valence-electron chi connectivity index (χ4n) is 14.0. The Hall–Kier alpha value is -7.12. The first-order valence-electron chi connectivity index (χ1n) is 26.6. The molecule has 0 radical (unpaired) electrons. The molecule has 0 bridgehead atoms. The molecule has 2 aromatic heterocycles. The highest BCUT2D eigenvalue weighted by molar-refractivity contribution is 7.26. The zero-order chi connectivity index (χ0) is 50.2. The molecule has 2 unspecified atom stereocenters. The van der Waals surface area contributed by atoms with Crippen LogP contribution in [0.3, 0.4) is 0 Å². The molecule has 5 heterocycles. The summed E-state index contributed by atoms with van der Waals surface area (Å²) in [6.45, 7) is 19.2. The number of aryl methyl sites for hydroxylation is 1. The summed E-state index contributed by atoms with van der Waals surface area (Å²) in [6.07, 6.45) is 2.13. The summed E-state index contributed by atoms with van der Waals surface area (Å²) < 4.78 is 5.24. The Labute approximate surface area is 443 Å². The SMILES string of the molecule is CC(C)(C)c1ccc2c(c1)B1c3cc(C(C)(C)C)ccc3N(c3cccc4c3sc3ccccc34)c3cc(N4c5ccccc5C5(C)CCc6ccccc6C45C)cc(c31)N2c1ccc2c(c1)sc1ccccc12. The molecule has 11 aromatic rings. The number of fused-ring (bicyclic) bond motifs is 15. The van der Waals surface area contributed by atoms with Gasteiger partial charge in [-0.2, -0.15) is 0 Å². The van der Waals surface area contributed by atoms with Crippen molar-refractivity contribution in [1.82, 2.24) is 0 Å². The fraction of sp³-hybridized carbons (Fsp3) is 0.206. The van der Waals surface area contributed by atoms with Crippen molar-refractivity contribution in [3.8, 4) is 0 Å². The lowest BCUT2D eigenvalue weighted by molar-refractivity contribution is 0.245. The lowest BCUT2D eigenvalue weighted by Crippen LogP contribution is -2.62. The van der Waals surface area contributed by atoms with Crippen molar-refractivity contribution in [1.29, 1.82) is 0 Å². The number of anilines is 8. The second-order valence-electron chi connectivity index (χ2n) is 24.0. The predicted molar refractivity (Wildman–Crippen MR) is 322 cm³/mol. The lowest BCUT2D eigenvalue weighted by atomic mass is 9.33. The molecule has 0 fully saturated rings. The van der Waals surface area contributed by atoms with Crippen LogP contribution >= 0.6 is 22.7 Å². The van der Waals surface area contributed by atoms with Crippen LogP contribution in [0.2, 0.25) is 0 Å². The van der Waals surface area contributed by atoms with Crippen molar-refractivity contribution in [3.63, 3.8) is 0 Å². The zero-order valence-corrected chi connectivity index (χ0v) is 45.1. The van der Waals surface area contributed by atoms with Gasteiger partial charge in [-0.25, -0.2) is 0 Å². The standard InChI is InChI=1S/C68H58BN3S2/c1-65(2,3)42-28-32-55-52(36-42)69-53-37-43(66(4,5)6)29-33-56(53)71(57-25-17-21-49-47-20-11-16-27-61(47)74-64(49)57)59-39-45(38-58(63(59)69)70(55)44-30-31-48-46-19-10-15-26-60(46)73-62(48)40-44)72-54-24-14-13-23-51(54)67(7)35-34-41-18-9-12-22-50(41)68(67,72)8/h9-33,36-40H,34-35H2,1-8H3. The normalized spacial score (nSPS) is 18.7. The van der Waals surface area contributed by atoms with Crippen LogP contribution in [-0.2, 0) is 28.2 Å². The highest BCUT2D eigenvalue weighted by Gasteiger charge is 2.60. The highest BCUT2D eigenvalue weighted by atomic mass is 32.1. The minimum atomic E-state index is -0.384. The van der Waals surface area contributed by atoms with Crippen LogP contribution in [0.1, 0.15) is 89.6 Å². The Kier molecular flexibility index (Phi) is 9.14. The van der Waals surface area contributed by atoms with Gasteiger partial charge in [-0.3, -0.25) is 0 Å². The van der Waals surface area contributed by atoms with Crippen LogP contribution < -0.4 is 31.1 Å². The molecule has 3 nitrogen and oxygen atoms in total. The fourth-order valence-corrected chi connectivity index (χ4v) is 16.4. The number of rotatable bonds is 3. The van der Waals surface area contributed by atoms with E-state index in [1.807, 2.05) is 22.7 Å².